The summed E-state index contributed by atoms with van der Waals surface area (Å²) in [6.07, 6.45) is 1.64. The second kappa shape index (κ2) is 7.45. The molecule has 0 saturated carbocycles. The summed E-state index contributed by atoms with van der Waals surface area (Å²) in [4.78, 5) is 11.6. The molecule has 0 fully saturated rings. The van der Waals surface area contributed by atoms with Gasteiger partial charge in [-0.15, -0.1) is 0 Å². The fourth-order valence-electron chi connectivity index (χ4n) is 1.27. The summed E-state index contributed by atoms with van der Waals surface area (Å²) in [5.74, 6) is 1.92. The quantitative estimate of drug-likeness (QED) is 0.616. The van der Waals surface area contributed by atoms with Gasteiger partial charge >= 0.3 is 0 Å². The van der Waals surface area contributed by atoms with Gasteiger partial charge in [-0.05, 0) is 30.4 Å². The fraction of sp³-hybridized carbons (Fsp3) is 0.417. The lowest BCUT2D eigenvalue weighted by Gasteiger charge is -2.08. The first-order valence-electron chi connectivity index (χ1n) is 5.56. The Morgan fingerprint density at radius 3 is 2.88 bits per heavy atom. The summed E-state index contributed by atoms with van der Waals surface area (Å²) >= 11 is 7.56. The minimum absolute atomic E-state index is 0.0115. The van der Waals surface area contributed by atoms with E-state index in [2.05, 4.69) is 12.2 Å². The minimum atomic E-state index is -0.0115. The molecule has 17 heavy (non-hydrogen) atoms. The van der Waals surface area contributed by atoms with E-state index in [-0.39, 0.29) is 5.91 Å². The van der Waals surface area contributed by atoms with Gasteiger partial charge in [0.2, 0.25) is 5.91 Å². The number of nitrogens with two attached hydrogens (primary N) is 1. The van der Waals surface area contributed by atoms with Crippen LogP contribution in [0.2, 0.25) is 5.02 Å². The van der Waals surface area contributed by atoms with Crippen molar-refractivity contribution in [2.45, 2.75) is 19.8 Å². The molecule has 1 aromatic carbocycles. The molecule has 1 amide bonds. The zero-order chi connectivity index (χ0) is 12.7. The van der Waals surface area contributed by atoms with Crippen molar-refractivity contribution in [3.63, 3.8) is 0 Å². The highest BCUT2D eigenvalue weighted by Crippen LogP contribution is 2.22. The first-order chi connectivity index (χ1) is 8.13. The molecule has 0 aromatic heterocycles. The zero-order valence-corrected chi connectivity index (χ0v) is 11.4. The second-order valence-electron chi connectivity index (χ2n) is 3.64. The van der Waals surface area contributed by atoms with Crippen molar-refractivity contribution in [2.24, 2.45) is 0 Å². The number of halogens is 1. The van der Waals surface area contributed by atoms with Gasteiger partial charge in [0.15, 0.2) is 0 Å². The molecule has 1 aromatic rings. The number of nitrogen functional groups attached to an aromatic ring is 1. The molecule has 0 saturated heterocycles. The van der Waals surface area contributed by atoms with Crippen LogP contribution in [0.25, 0.3) is 0 Å². The molecule has 0 radical (unpaired) electrons. The predicted octanol–water partition coefficient (Wildman–Crippen LogP) is 3.39. The van der Waals surface area contributed by atoms with Gasteiger partial charge in [0.25, 0.3) is 0 Å². The summed E-state index contributed by atoms with van der Waals surface area (Å²) in [5, 5.41) is 3.35. The van der Waals surface area contributed by atoms with Gasteiger partial charge in [0.05, 0.1) is 11.4 Å². The molecule has 3 nitrogen and oxygen atoms in total. The minimum Gasteiger partial charge on any atom is -0.397 e. The van der Waals surface area contributed by atoms with Crippen LogP contribution in [0.15, 0.2) is 18.2 Å². The van der Waals surface area contributed by atoms with Crippen molar-refractivity contribution in [3.8, 4) is 0 Å². The van der Waals surface area contributed by atoms with Gasteiger partial charge < -0.3 is 11.1 Å². The smallest absolute Gasteiger partial charge is 0.225 e. The number of hydrogen-bond acceptors (Lipinski definition) is 3. The number of amides is 1. The average Bonchev–Trinajstić information content (AvgIpc) is 2.28. The Bertz CT molecular complexity index is 385. The summed E-state index contributed by atoms with van der Waals surface area (Å²) in [5.41, 5.74) is 6.86. The maximum atomic E-state index is 11.6. The van der Waals surface area contributed by atoms with Crippen LogP contribution in [0.1, 0.15) is 19.8 Å². The van der Waals surface area contributed by atoms with Crippen LogP contribution in [-0.4, -0.2) is 17.4 Å². The van der Waals surface area contributed by atoms with Crippen LogP contribution in [-0.2, 0) is 4.79 Å². The molecule has 0 aliphatic carbocycles. The molecule has 94 valence electrons. The zero-order valence-electron chi connectivity index (χ0n) is 9.83. The summed E-state index contributed by atoms with van der Waals surface area (Å²) < 4.78 is 0. The Morgan fingerprint density at radius 1 is 1.47 bits per heavy atom. The third-order valence-electron chi connectivity index (χ3n) is 2.11. The summed E-state index contributed by atoms with van der Waals surface area (Å²) in [7, 11) is 0. The lowest BCUT2D eigenvalue weighted by molar-refractivity contribution is -0.115. The Labute approximate surface area is 111 Å². The Hall–Kier alpha value is -0.870. The van der Waals surface area contributed by atoms with E-state index in [0.29, 0.717) is 22.8 Å². The van der Waals surface area contributed by atoms with E-state index < -0.39 is 0 Å². The van der Waals surface area contributed by atoms with Crippen LogP contribution >= 0.6 is 23.4 Å². The van der Waals surface area contributed by atoms with Crippen molar-refractivity contribution in [1.82, 2.24) is 0 Å². The van der Waals surface area contributed by atoms with Crippen LogP contribution in [0.5, 0.6) is 0 Å². The Balaban J connectivity index is 2.40. The van der Waals surface area contributed by atoms with Gasteiger partial charge in [-0.1, -0.05) is 18.5 Å². The number of hydrogen-bond donors (Lipinski definition) is 2. The number of rotatable bonds is 6. The number of thioether (sulfide) groups is 1. The topological polar surface area (TPSA) is 55.1 Å². The predicted molar refractivity (Wildman–Crippen MR) is 76.7 cm³/mol. The molecule has 0 aliphatic heterocycles. The van der Waals surface area contributed by atoms with Gasteiger partial charge in [-0.2, -0.15) is 11.8 Å². The average molecular weight is 273 g/mol. The van der Waals surface area contributed by atoms with Gasteiger partial charge in [0.1, 0.15) is 0 Å². The van der Waals surface area contributed by atoms with Gasteiger partial charge in [-0.3, -0.25) is 4.79 Å². The van der Waals surface area contributed by atoms with E-state index in [1.54, 1.807) is 30.0 Å². The van der Waals surface area contributed by atoms with E-state index in [0.717, 1.165) is 17.9 Å². The highest BCUT2D eigenvalue weighted by atomic mass is 35.5. The van der Waals surface area contributed by atoms with Crippen molar-refractivity contribution in [2.75, 3.05) is 22.6 Å². The molecule has 0 bridgehead atoms. The Morgan fingerprint density at radius 2 is 2.24 bits per heavy atom. The molecule has 1 rings (SSSR count). The SMILES string of the molecule is CCCSCCC(=O)Nc1ccc(Cl)cc1N. The highest BCUT2D eigenvalue weighted by molar-refractivity contribution is 7.99. The molecule has 0 unspecified atom stereocenters. The van der Waals surface area contributed by atoms with E-state index in [1.165, 1.54) is 0 Å². The van der Waals surface area contributed by atoms with E-state index in [4.69, 9.17) is 17.3 Å². The first kappa shape index (κ1) is 14.2. The molecule has 0 atom stereocenters. The second-order valence-corrected chi connectivity index (χ2v) is 5.30. The number of carbonyl (C=O) groups excluding carboxylic acids is 1. The van der Waals surface area contributed by atoms with Crippen molar-refractivity contribution in [1.29, 1.82) is 0 Å². The van der Waals surface area contributed by atoms with E-state index in [1.807, 2.05) is 0 Å². The molecule has 0 aliphatic rings. The molecule has 3 N–H and O–H groups in total. The summed E-state index contributed by atoms with van der Waals surface area (Å²) in [6, 6.07) is 5.05. The maximum absolute atomic E-state index is 11.6. The Kier molecular flexibility index (Phi) is 6.22. The van der Waals surface area contributed by atoms with Crippen LogP contribution in [0.3, 0.4) is 0 Å². The number of nitrogens with one attached hydrogen (secondary N) is 1. The lowest BCUT2D eigenvalue weighted by Crippen LogP contribution is -2.13. The first-order valence-corrected chi connectivity index (χ1v) is 7.09. The van der Waals surface area contributed by atoms with Crippen LogP contribution in [0.4, 0.5) is 11.4 Å². The van der Waals surface area contributed by atoms with Crippen molar-refractivity contribution < 1.29 is 4.79 Å². The van der Waals surface area contributed by atoms with Crippen LogP contribution in [0, 0.1) is 0 Å². The van der Waals surface area contributed by atoms with Gasteiger partial charge in [0, 0.05) is 17.2 Å². The molecule has 0 spiro atoms. The highest BCUT2D eigenvalue weighted by Gasteiger charge is 2.05. The fourth-order valence-corrected chi connectivity index (χ4v) is 2.27. The van der Waals surface area contributed by atoms with Crippen molar-refractivity contribution >= 4 is 40.6 Å². The largest absolute Gasteiger partial charge is 0.397 e. The van der Waals surface area contributed by atoms with E-state index >= 15 is 0 Å². The standard InChI is InChI=1S/C12H17ClN2OS/c1-2-6-17-7-5-12(16)15-11-4-3-9(13)8-10(11)14/h3-4,8H,2,5-7,14H2,1H3,(H,15,16). The number of carbonyl (C=O) groups is 1. The van der Waals surface area contributed by atoms with Crippen molar-refractivity contribution in [3.05, 3.63) is 23.2 Å². The molecule has 5 heteroatoms. The molecular formula is C12H17ClN2OS. The monoisotopic (exact) mass is 272 g/mol. The third-order valence-corrected chi connectivity index (χ3v) is 3.53. The number of benzene rings is 1. The number of anilines is 2. The van der Waals surface area contributed by atoms with Gasteiger partial charge in [-0.25, -0.2) is 0 Å². The molecular weight excluding hydrogens is 256 g/mol. The van der Waals surface area contributed by atoms with E-state index in [9.17, 15) is 4.79 Å². The molecule has 0 heterocycles. The summed E-state index contributed by atoms with van der Waals surface area (Å²) in [6.45, 7) is 2.13. The third kappa shape index (κ3) is 5.33. The lowest BCUT2D eigenvalue weighted by atomic mass is 10.2. The maximum Gasteiger partial charge on any atom is 0.225 e. The van der Waals surface area contributed by atoms with Crippen LogP contribution < -0.4 is 11.1 Å². The normalized spacial score (nSPS) is 10.2.